The van der Waals surface area contributed by atoms with Crippen LogP contribution in [0.3, 0.4) is 0 Å². The lowest BCUT2D eigenvalue weighted by molar-refractivity contribution is 0.171. The van der Waals surface area contributed by atoms with Gasteiger partial charge in [-0.25, -0.2) is 13.4 Å². The molecule has 0 amide bonds. The second kappa shape index (κ2) is 9.95. The molecule has 0 spiro atoms. The van der Waals surface area contributed by atoms with Crippen molar-refractivity contribution in [3.8, 4) is 28.8 Å². The first kappa shape index (κ1) is 25.5. The number of pyridine rings is 1. The molecule has 0 saturated heterocycles. The Balaban J connectivity index is 1.58. The molecule has 198 valence electrons. The van der Waals surface area contributed by atoms with Gasteiger partial charge in [0.2, 0.25) is 5.82 Å². The van der Waals surface area contributed by atoms with Gasteiger partial charge in [0.1, 0.15) is 40.5 Å². The topological polar surface area (TPSA) is 134 Å². The highest BCUT2D eigenvalue weighted by Crippen LogP contribution is 2.37. The number of rotatable bonds is 9. The molecule has 0 bridgehead atoms. The van der Waals surface area contributed by atoms with Gasteiger partial charge in [-0.05, 0) is 50.2 Å². The average molecular weight is 538 g/mol. The summed E-state index contributed by atoms with van der Waals surface area (Å²) >= 11 is 0. The fourth-order valence-electron chi connectivity index (χ4n) is 4.26. The van der Waals surface area contributed by atoms with Crippen molar-refractivity contribution in [3.05, 3.63) is 78.2 Å². The number of methoxy groups -OCH3 is 2. The zero-order valence-corrected chi connectivity index (χ0v) is 22.1. The van der Waals surface area contributed by atoms with Crippen molar-refractivity contribution in [2.24, 2.45) is 0 Å². The lowest BCUT2D eigenvalue weighted by atomic mass is 10.2. The molecule has 0 fully saturated rings. The van der Waals surface area contributed by atoms with Crippen molar-refractivity contribution in [2.75, 3.05) is 14.2 Å². The molecule has 5 aromatic rings. The fourth-order valence-corrected chi connectivity index (χ4v) is 5.60. The maximum atomic E-state index is 13.6. The maximum Gasteiger partial charge on any atom is 0.204 e. The predicted molar refractivity (Wildman–Crippen MR) is 139 cm³/mol. The molecule has 0 aliphatic carbocycles. The van der Waals surface area contributed by atoms with Gasteiger partial charge in [-0.15, -0.1) is 10.2 Å². The molecule has 12 heteroatoms. The Morgan fingerprint density at radius 2 is 1.76 bits per heavy atom. The van der Waals surface area contributed by atoms with E-state index in [0.717, 1.165) is 0 Å². The Labute approximate surface area is 219 Å². The number of nitrogens with zero attached hydrogens (tertiary/aromatic N) is 5. The Hall–Kier alpha value is -4.16. The molecule has 4 heterocycles. The van der Waals surface area contributed by atoms with Crippen LogP contribution in [0, 0.1) is 6.92 Å². The summed E-state index contributed by atoms with van der Waals surface area (Å²) in [4.78, 5) is 4.38. The number of sulfone groups is 1. The molecule has 0 radical (unpaired) electrons. The van der Waals surface area contributed by atoms with Crippen LogP contribution in [0.5, 0.6) is 11.5 Å². The van der Waals surface area contributed by atoms with E-state index in [1.165, 1.54) is 21.1 Å². The van der Waals surface area contributed by atoms with Crippen LogP contribution < -0.4 is 9.47 Å². The molecule has 5 rings (SSSR count). The predicted octanol–water partition coefficient (Wildman–Crippen LogP) is 3.54. The Bertz CT molecular complexity index is 1650. The van der Waals surface area contributed by atoms with Crippen molar-refractivity contribution >= 4 is 15.5 Å². The summed E-state index contributed by atoms with van der Waals surface area (Å²) in [5.41, 5.74) is 1.28. The number of para-hydroxylation sites is 1. The molecule has 0 saturated carbocycles. The highest BCUT2D eigenvalue weighted by molar-refractivity contribution is 7.91. The van der Waals surface area contributed by atoms with E-state index in [1.54, 1.807) is 64.7 Å². The van der Waals surface area contributed by atoms with Crippen LogP contribution in [0.2, 0.25) is 0 Å². The smallest absolute Gasteiger partial charge is 0.204 e. The minimum atomic E-state index is -3.97. The van der Waals surface area contributed by atoms with Crippen molar-refractivity contribution in [1.82, 2.24) is 24.1 Å². The summed E-state index contributed by atoms with van der Waals surface area (Å²) < 4.78 is 47.4. The maximum absolute atomic E-state index is 13.6. The molecule has 38 heavy (non-hydrogen) atoms. The zero-order chi connectivity index (χ0) is 27.0. The first-order valence-electron chi connectivity index (χ1n) is 11.8. The minimum Gasteiger partial charge on any atom is -0.494 e. The van der Waals surface area contributed by atoms with Crippen molar-refractivity contribution in [1.29, 1.82) is 0 Å². The monoisotopic (exact) mass is 537 g/mol. The molecule has 0 aliphatic heterocycles. The molecule has 0 aliphatic rings. The molecule has 11 nitrogen and oxygen atoms in total. The minimum absolute atomic E-state index is 0.103. The lowest BCUT2D eigenvalue weighted by Gasteiger charge is -2.19. The number of ether oxygens (including phenoxy) is 2. The Morgan fingerprint density at radius 1 is 1.03 bits per heavy atom. The van der Waals surface area contributed by atoms with Crippen molar-refractivity contribution in [2.45, 2.75) is 31.0 Å². The summed E-state index contributed by atoms with van der Waals surface area (Å²) in [6.07, 6.45) is 2.04. The number of fused-ring (bicyclic) bond motifs is 1. The van der Waals surface area contributed by atoms with Gasteiger partial charge < -0.3 is 23.4 Å². The van der Waals surface area contributed by atoms with Gasteiger partial charge >= 0.3 is 0 Å². The third kappa shape index (κ3) is 4.52. The number of hydrogen-bond acceptors (Lipinski definition) is 9. The lowest BCUT2D eigenvalue weighted by Crippen LogP contribution is -2.28. The van der Waals surface area contributed by atoms with Crippen LogP contribution in [0.4, 0.5) is 0 Å². The quantitative estimate of drug-likeness (QED) is 0.300. The number of imidazole rings is 1. The number of aliphatic hydroxyl groups excluding tert-OH is 1. The SMILES string of the molecule is COc1cccc(OC)c1-n1c(CS(=O)(=O)[C@@H](C)[C@H](O)c2cn3ccccc3n2)nnc1-c1ccc(C)o1. The molecule has 4 aromatic heterocycles. The molecule has 1 N–H and O–H groups in total. The summed E-state index contributed by atoms with van der Waals surface area (Å²) in [6, 6.07) is 14.1. The van der Waals surface area contributed by atoms with Crippen molar-refractivity contribution < 1.29 is 27.4 Å². The number of benzene rings is 1. The molecule has 0 unspecified atom stereocenters. The van der Waals surface area contributed by atoms with Crippen LogP contribution in [0.15, 0.2) is 65.3 Å². The number of aliphatic hydroxyl groups is 1. The van der Waals surface area contributed by atoms with Gasteiger partial charge in [-0.2, -0.15) is 0 Å². The van der Waals surface area contributed by atoms with Gasteiger partial charge in [0, 0.05) is 12.4 Å². The van der Waals surface area contributed by atoms with E-state index in [4.69, 9.17) is 13.9 Å². The standard InChI is InChI=1S/C26H27N5O6S/c1-16-11-12-21(37-16)26-29-28-23(31(26)24-19(35-3)8-7-9-20(24)36-4)15-38(33,34)17(2)25(32)18-14-30-13-6-5-10-22(30)27-18/h5-14,17,25,32H,15H2,1-4H3/t17-,25-/m0/s1. The first-order chi connectivity index (χ1) is 18.2. The zero-order valence-electron chi connectivity index (χ0n) is 21.3. The summed E-state index contributed by atoms with van der Waals surface area (Å²) in [6.45, 7) is 3.24. The largest absolute Gasteiger partial charge is 0.494 e. The van der Waals surface area contributed by atoms with Gasteiger partial charge in [0.05, 0.1) is 25.2 Å². The van der Waals surface area contributed by atoms with Gasteiger partial charge in [-0.3, -0.25) is 4.57 Å². The van der Waals surface area contributed by atoms with E-state index in [2.05, 4.69) is 15.2 Å². The summed E-state index contributed by atoms with van der Waals surface area (Å²) in [7, 11) is -0.960. The van der Waals surface area contributed by atoms with Gasteiger partial charge in [0.15, 0.2) is 21.4 Å². The molecule has 1 aromatic carbocycles. The van der Waals surface area contributed by atoms with Gasteiger partial charge in [-0.1, -0.05) is 12.1 Å². The van der Waals surface area contributed by atoms with Crippen LogP contribution in [-0.4, -0.2) is 57.1 Å². The van der Waals surface area contributed by atoms with E-state index in [9.17, 15) is 13.5 Å². The summed E-state index contributed by atoms with van der Waals surface area (Å²) in [5.74, 6) is 1.75. The number of aromatic nitrogens is 5. The number of aryl methyl sites for hydroxylation is 1. The highest BCUT2D eigenvalue weighted by Gasteiger charge is 2.34. The molecular weight excluding hydrogens is 510 g/mol. The third-order valence-electron chi connectivity index (χ3n) is 6.34. The van der Waals surface area contributed by atoms with E-state index in [-0.39, 0.29) is 17.3 Å². The highest BCUT2D eigenvalue weighted by atomic mass is 32.2. The van der Waals surface area contributed by atoms with E-state index in [0.29, 0.717) is 34.4 Å². The van der Waals surface area contributed by atoms with Crippen LogP contribution in [-0.2, 0) is 15.6 Å². The van der Waals surface area contributed by atoms with Crippen LogP contribution in [0.25, 0.3) is 22.9 Å². The average Bonchev–Trinajstić information content (AvgIpc) is 3.65. The number of furan rings is 1. The molecule has 2 atom stereocenters. The number of hydrogen-bond donors (Lipinski definition) is 1. The van der Waals surface area contributed by atoms with Crippen molar-refractivity contribution in [3.63, 3.8) is 0 Å². The van der Waals surface area contributed by atoms with Crippen LogP contribution in [0.1, 0.15) is 30.3 Å². The van der Waals surface area contributed by atoms with E-state index in [1.807, 2.05) is 12.1 Å². The van der Waals surface area contributed by atoms with E-state index < -0.39 is 26.9 Å². The van der Waals surface area contributed by atoms with Crippen LogP contribution >= 0.6 is 0 Å². The first-order valence-corrected chi connectivity index (χ1v) is 13.5. The van der Waals surface area contributed by atoms with Gasteiger partial charge in [0.25, 0.3) is 0 Å². The second-order valence-electron chi connectivity index (χ2n) is 8.79. The molecular formula is C26H27N5O6S. The normalized spacial score (nSPS) is 13.5. The second-order valence-corrected chi connectivity index (χ2v) is 11.1. The van der Waals surface area contributed by atoms with E-state index >= 15 is 0 Å². The summed E-state index contributed by atoms with van der Waals surface area (Å²) in [5, 5.41) is 18.3. The Kier molecular flexibility index (Phi) is 6.67. The fraction of sp³-hybridized carbons (Fsp3) is 0.269. The Morgan fingerprint density at radius 3 is 2.39 bits per heavy atom. The third-order valence-corrected chi connectivity index (χ3v) is 8.39.